The fourth-order valence-corrected chi connectivity index (χ4v) is 2.45. The van der Waals surface area contributed by atoms with Gasteiger partial charge in [-0.05, 0) is 23.8 Å². The third-order valence-electron chi connectivity index (χ3n) is 3.62. The lowest BCUT2D eigenvalue weighted by atomic mass is 10.2. The van der Waals surface area contributed by atoms with E-state index in [1.54, 1.807) is 24.3 Å². The van der Waals surface area contributed by atoms with Gasteiger partial charge >= 0.3 is 6.03 Å². The second kappa shape index (κ2) is 9.51. The summed E-state index contributed by atoms with van der Waals surface area (Å²) in [6.45, 7) is 0.138. The van der Waals surface area contributed by atoms with Gasteiger partial charge in [-0.25, -0.2) is 10.3 Å². The van der Waals surface area contributed by atoms with Crippen molar-refractivity contribution in [2.24, 2.45) is 0 Å². The van der Waals surface area contributed by atoms with Crippen LogP contribution in [0.4, 0.5) is 16.2 Å². The summed E-state index contributed by atoms with van der Waals surface area (Å²) in [6, 6.07) is 11.8. The molecular formula is C17H17ClN4O5. The highest BCUT2D eigenvalue weighted by Crippen LogP contribution is 2.17. The molecule has 0 aliphatic carbocycles. The van der Waals surface area contributed by atoms with Crippen molar-refractivity contribution < 1.29 is 19.7 Å². The average Bonchev–Trinajstić information content (AvgIpc) is 2.65. The summed E-state index contributed by atoms with van der Waals surface area (Å²) in [7, 11) is 0. The molecule has 142 valence electrons. The number of hydroxylamine groups is 1. The number of nitro benzene ring substituents is 1. The molecule has 2 aromatic rings. The van der Waals surface area contributed by atoms with E-state index in [9.17, 15) is 19.7 Å². The maximum Gasteiger partial charge on any atom is 0.322 e. The molecule has 0 saturated heterocycles. The molecule has 0 unspecified atom stereocenters. The third-order valence-corrected chi connectivity index (χ3v) is 3.85. The first kappa shape index (κ1) is 20.1. The number of non-ortho nitro benzene ring substituents is 1. The number of urea groups is 1. The molecule has 27 heavy (non-hydrogen) atoms. The first-order valence-corrected chi connectivity index (χ1v) is 8.24. The van der Waals surface area contributed by atoms with Crippen molar-refractivity contribution in [3.63, 3.8) is 0 Å². The predicted molar refractivity (Wildman–Crippen MR) is 98.5 cm³/mol. The van der Waals surface area contributed by atoms with Gasteiger partial charge in [-0.2, -0.15) is 0 Å². The van der Waals surface area contributed by atoms with Crippen molar-refractivity contribution >= 4 is 34.9 Å². The molecule has 0 heterocycles. The highest BCUT2D eigenvalue weighted by molar-refractivity contribution is 6.30. The summed E-state index contributed by atoms with van der Waals surface area (Å²) < 4.78 is 0. The molecular weight excluding hydrogens is 376 g/mol. The van der Waals surface area contributed by atoms with E-state index in [1.807, 2.05) is 0 Å². The van der Waals surface area contributed by atoms with Gasteiger partial charge in [0.25, 0.3) is 5.69 Å². The topological polar surface area (TPSA) is 125 Å². The van der Waals surface area contributed by atoms with Gasteiger partial charge in [-0.3, -0.25) is 20.1 Å². The fraction of sp³-hybridized carbons (Fsp3) is 0.176. The molecule has 0 fully saturated rings. The number of nitrogens with zero attached hydrogens (tertiary/aromatic N) is 2. The van der Waals surface area contributed by atoms with Crippen molar-refractivity contribution in [3.8, 4) is 0 Å². The van der Waals surface area contributed by atoms with Crippen LogP contribution in [0.5, 0.6) is 0 Å². The number of benzene rings is 2. The Morgan fingerprint density at radius 1 is 1.19 bits per heavy atom. The first-order chi connectivity index (χ1) is 12.9. The molecule has 0 spiro atoms. The lowest BCUT2D eigenvalue weighted by Crippen LogP contribution is -2.37. The maximum atomic E-state index is 12.6. The number of nitro groups is 1. The van der Waals surface area contributed by atoms with Crippen LogP contribution in [-0.4, -0.2) is 33.5 Å². The molecule has 2 aromatic carbocycles. The van der Waals surface area contributed by atoms with Gasteiger partial charge < -0.3 is 10.2 Å². The molecule has 0 aliphatic heterocycles. The Morgan fingerprint density at radius 3 is 2.48 bits per heavy atom. The van der Waals surface area contributed by atoms with Crippen LogP contribution >= 0.6 is 11.6 Å². The van der Waals surface area contributed by atoms with Crippen LogP contribution in [0.25, 0.3) is 0 Å². The number of rotatable bonds is 7. The number of hydrogen-bond acceptors (Lipinski definition) is 5. The molecule has 3 N–H and O–H groups in total. The molecule has 0 radical (unpaired) electrons. The predicted octanol–water partition coefficient (Wildman–Crippen LogP) is 3.18. The normalized spacial score (nSPS) is 10.1. The highest BCUT2D eigenvalue weighted by atomic mass is 35.5. The van der Waals surface area contributed by atoms with E-state index >= 15 is 0 Å². The molecule has 9 nitrogen and oxygen atoms in total. The van der Waals surface area contributed by atoms with Crippen LogP contribution in [0.1, 0.15) is 12.0 Å². The van der Waals surface area contributed by atoms with Gasteiger partial charge in [0.05, 0.1) is 4.92 Å². The largest absolute Gasteiger partial charge is 0.322 e. The summed E-state index contributed by atoms with van der Waals surface area (Å²) in [4.78, 5) is 35.4. The standard InChI is InChI=1S/C17H17ClN4O5/c18-13-2-1-3-14(10-13)19-17(24)21(9-8-16(23)20-25)11-12-4-6-15(7-5-12)22(26)27/h1-7,10,25H,8-9,11H2,(H,19,24)(H,20,23). The van der Waals surface area contributed by atoms with Gasteiger partial charge in [-0.1, -0.05) is 29.8 Å². The van der Waals surface area contributed by atoms with Crippen molar-refractivity contribution in [1.29, 1.82) is 0 Å². The van der Waals surface area contributed by atoms with Crippen LogP contribution in [0.2, 0.25) is 5.02 Å². The van der Waals surface area contributed by atoms with Crippen LogP contribution in [0.15, 0.2) is 48.5 Å². The summed E-state index contributed by atoms with van der Waals surface area (Å²) in [5.74, 6) is -0.640. The molecule has 0 bridgehead atoms. The smallest absolute Gasteiger partial charge is 0.320 e. The first-order valence-electron chi connectivity index (χ1n) is 7.87. The van der Waals surface area contributed by atoms with E-state index in [-0.39, 0.29) is 25.2 Å². The van der Waals surface area contributed by atoms with E-state index in [1.165, 1.54) is 34.6 Å². The average molecular weight is 393 g/mol. The summed E-state index contributed by atoms with van der Waals surface area (Å²) >= 11 is 5.90. The molecule has 3 amide bonds. The van der Waals surface area contributed by atoms with E-state index in [0.717, 1.165) is 0 Å². The Balaban J connectivity index is 2.12. The van der Waals surface area contributed by atoms with E-state index in [4.69, 9.17) is 16.8 Å². The van der Waals surface area contributed by atoms with Gasteiger partial charge in [-0.15, -0.1) is 0 Å². The van der Waals surface area contributed by atoms with Gasteiger partial charge in [0.2, 0.25) is 5.91 Å². The quantitative estimate of drug-likeness (QED) is 0.379. The summed E-state index contributed by atoms with van der Waals surface area (Å²) in [5.41, 5.74) is 2.57. The van der Waals surface area contributed by atoms with E-state index in [0.29, 0.717) is 16.3 Å². The second-order valence-corrected chi connectivity index (χ2v) is 6.01. The number of carbonyl (C=O) groups is 2. The fourth-order valence-electron chi connectivity index (χ4n) is 2.26. The molecule has 10 heteroatoms. The number of amides is 3. The Bertz CT molecular complexity index is 828. The van der Waals surface area contributed by atoms with Gasteiger partial charge in [0.15, 0.2) is 0 Å². The molecule has 0 atom stereocenters. The number of hydrogen-bond donors (Lipinski definition) is 3. The lowest BCUT2D eigenvalue weighted by molar-refractivity contribution is -0.384. The minimum absolute atomic E-state index is 0.0236. The number of anilines is 1. The Kier molecular flexibility index (Phi) is 7.09. The lowest BCUT2D eigenvalue weighted by Gasteiger charge is -2.23. The summed E-state index contributed by atoms with van der Waals surface area (Å²) in [6.07, 6.45) is -0.119. The summed E-state index contributed by atoms with van der Waals surface area (Å²) in [5, 5.41) is 22.5. The van der Waals surface area contributed by atoms with Crippen LogP contribution in [0, 0.1) is 10.1 Å². The van der Waals surface area contributed by atoms with E-state index in [2.05, 4.69) is 5.32 Å². The van der Waals surface area contributed by atoms with Crippen LogP contribution < -0.4 is 10.8 Å². The zero-order valence-electron chi connectivity index (χ0n) is 14.1. The number of nitrogens with one attached hydrogen (secondary N) is 2. The second-order valence-electron chi connectivity index (χ2n) is 5.57. The van der Waals surface area contributed by atoms with Crippen molar-refractivity contribution in [2.75, 3.05) is 11.9 Å². The van der Waals surface area contributed by atoms with E-state index < -0.39 is 16.9 Å². The zero-order chi connectivity index (χ0) is 19.8. The number of halogens is 1. The van der Waals surface area contributed by atoms with Crippen molar-refractivity contribution in [1.82, 2.24) is 10.4 Å². The van der Waals surface area contributed by atoms with Crippen molar-refractivity contribution in [3.05, 3.63) is 69.2 Å². The minimum Gasteiger partial charge on any atom is -0.320 e. The Morgan fingerprint density at radius 2 is 1.89 bits per heavy atom. The maximum absolute atomic E-state index is 12.6. The molecule has 2 rings (SSSR count). The van der Waals surface area contributed by atoms with Crippen LogP contribution in [-0.2, 0) is 11.3 Å². The zero-order valence-corrected chi connectivity index (χ0v) is 14.8. The Labute approximate surface area is 159 Å². The third kappa shape index (κ3) is 6.24. The Hall–Kier alpha value is -3.17. The van der Waals surface area contributed by atoms with Gasteiger partial charge in [0.1, 0.15) is 0 Å². The molecule has 0 aromatic heterocycles. The highest BCUT2D eigenvalue weighted by Gasteiger charge is 2.16. The molecule has 0 aliphatic rings. The van der Waals surface area contributed by atoms with Crippen LogP contribution in [0.3, 0.4) is 0 Å². The number of carbonyl (C=O) groups excluding carboxylic acids is 2. The molecule has 0 saturated carbocycles. The SMILES string of the molecule is O=C(CCN(Cc1ccc([N+](=O)[O-])cc1)C(=O)Nc1cccc(Cl)c1)NO. The monoisotopic (exact) mass is 392 g/mol. The van der Waals surface area contributed by atoms with Crippen molar-refractivity contribution in [2.45, 2.75) is 13.0 Å². The van der Waals surface area contributed by atoms with Gasteiger partial charge in [0, 0.05) is 42.4 Å². The minimum atomic E-state index is -0.640.